The van der Waals surface area contributed by atoms with Crippen molar-refractivity contribution in [2.24, 2.45) is 7.05 Å². The fraction of sp³-hybridized carbons (Fsp3) is 0.154. The Morgan fingerprint density at radius 2 is 1.79 bits per heavy atom. The third kappa shape index (κ3) is 4.01. The number of oxazole rings is 1. The largest absolute Gasteiger partial charge is 0.497 e. The minimum absolute atomic E-state index is 0.0255. The van der Waals surface area contributed by atoms with Crippen LogP contribution in [-0.2, 0) is 18.4 Å². The predicted octanol–water partition coefficient (Wildman–Crippen LogP) is 4.96. The highest BCUT2D eigenvalue weighted by molar-refractivity contribution is 6.05. The quantitative estimate of drug-likeness (QED) is 0.335. The van der Waals surface area contributed by atoms with E-state index in [9.17, 15) is 4.79 Å². The highest BCUT2D eigenvalue weighted by Crippen LogP contribution is 2.28. The summed E-state index contributed by atoms with van der Waals surface area (Å²) >= 11 is 0. The van der Waals surface area contributed by atoms with Gasteiger partial charge in [0.1, 0.15) is 24.3 Å². The summed E-state index contributed by atoms with van der Waals surface area (Å²) in [7, 11) is 3.42. The number of aromatic nitrogens is 4. The van der Waals surface area contributed by atoms with Crippen LogP contribution in [-0.4, -0.2) is 32.8 Å². The molecule has 0 atom stereocenters. The molecule has 0 unspecified atom stereocenters. The van der Waals surface area contributed by atoms with Crippen LogP contribution in [0.4, 0.5) is 0 Å². The number of hydrogen-bond acceptors (Lipinski definition) is 7. The lowest BCUT2D eigenvalue weighted by Crippen LogP contribution is -2.08. The number of benzene rings is 2. The predicted molar refractivity (Wildman–Crippen MR) is 126 cm³/mol. The van der Waals surface area contributed by atoms with Gasteiger partial charge >= 0.3 is 5.97 Å². The fourth-order valence-electron chi connectivity index (χ4n) is 3.82. The molecule has 3 aromatic heterocycles. The van der Waals surface area contributed by atoms with Gasteiger partial charge in [-0.25, -0.2) is 14.8 Å². The van der Waals surface area contributed by atoms with E-state index >= 15 is 0 Å². The number of hydrogen-bond donors (Lipinski definition) is 0. The van der Waals surface area contributed by atoms with Gasteiger partial charge in [-0.1, -0.05) is 30.3 Å². The second-order valence-electron chi connectivity index (χ2n) is 7.78. The molecule has 5 rings (SSSR count). The van der Waals surface area contributed by atoms with Crippen molar-refractivity contribution in [1.82, 2.24) is 19.7 Å². The third-order valence-corrected chi connectivity index (χ3v) is 5.50. The van der Waals surface area contributed by atoms with Gasteiger partial charge in [-0.05, 0) is 37.3 Å². The summed E-state index contributed by atoms with van der Waals surface area (Å²) in [5.74, 6) is 0.706. The number of nitrogens with zero attached hydrogens (tertiary/aromatic N) is 4. The molecule has 0 fully saturated rings. The normalized spacial score (nSPS) is 11.0. The Morgan fingerprint density at radius 1 is 1.03 bits per heavy atom. The second-order valence-corrected chi connectivity index (χ2v) is 7.78. The van der Waals surface area contributed by atoms with E-state index in [0.29, 0.717) is 39.6 Å². The summed E-state index contributed by atoms with van der Waals surface area (Å²) in [4.78, 5) is 22.3. The lowest BCUT2D eigenvalue weighted by molar-refractivity contribution is 0.0470. The van der Waals surface area contributed by atoms with Gasteiger partial charge in [0.15, 0.2) is 5.65 Å². The minimum Gasteiger partial charge on any atom is -0.497 e. The van der Waals surface area contributed by atoms with E-state index in [0.717, 1.165) is 16.9 Å². The van der Waals surface area contributed by atoms with Crippen molar-refractivity contribution >= 4 is 17.0 Å². The topological polar surface area (TPSA) is 92.3 Å². The van der Waals surface area contributed by atoms with Crippen LogP contribution in [0, 0.1) is 6.92 Å². The Labute approximate surface area is 195 Å². The van der Waals surface area contributed by atoms with Gasteiger partial charge in [-0.15, -0.1) is 0 Å². The number of pyridine rings is 1. The van der Waals surface area contributed by atoms with Gasteiger partial charge in [0.2, 0.25) is 5.89 Å². The summed E-state index contributed by atoms with van der Waals surface area (Å²) < 4.78 is 18.0. The number of ether oxygens (including phenoxy) is 2. The van der Waals surface area contributed by atoms with Gasteiger partial charge in [-0.2, -0.15) is 5.10 Å². The first kappa shape index (κ1) is 21.4. The van der Waals surface area contributed by atoms with Crippen molar-refractivity contribution in [2.45, 2.75) is 13.5 Å². The molecular formula is C26H22N4O4. The van der Waals surface area contributed by atoms with Crippen molar-refractivity contribution in [3.63, 3.8) is 0 Å². The molecule has 170 valence electrons. The van der Waals surface area contributed by atoms with E-state index in [4.69, 9.17) is 18.9 Å². The van der Waals surface area contributed by atoms with Crippen molar-refractivity contribution in [3.05, 3.63) is 83.9 Å². The molecule has 2 aromatic carbocycles. The van der Waals surface area contributed by atoms with E-state index < -0.39 is 5.97 Å². The summed E-state index contributed by atoms with van der Waals surface area (Å²) in [6, 6.07) is 18.8. The summed E-state index contributed by atoms with van der Waals surface area (Å²) in [6.45, 7) is 1.82. The zero-order valence-electron chi connectivity index (χ0n) is 19.0. The number of carbonyl (C=O) groups excluding carboxylic acids is 1. The lowest BCUT2D eigenvalue weighted by atomic mass is 10.1. The summed E-state index contributed by atoms with van der Waals surface area (Å²) in [5.41, 5.74) is 4.62. The van der Waals surface area contributed by atoms with Crippen LogP contribution in [0.1, 0.15) is 21.7 Å². The van der Waals surface area contributed by atoms with Crippen LogP contribution < -0.4 is 4.74 Å². The van der Waals surface area contributed by atoms with Crippen LogP contribution in [0.5, 0.6) is 5.75 Å². The summed E-state index contributed by atoms with van der Waals surface area (Å²) in [5, 5.41) is 5.12. The van der Waals surface area contributed by atoms with Gasteiger partial charge in [0.05, 0.1) is 29.4 Å². The number of rotatable bonds is 6. The van der Waals surface area contributed by atoms with Crippen LogP contribution >= 0.6 is 0 Å². The Kier molecular flexibility index (Phi) is 5.55. The molecule has 8 heteroatoms. The molecule has 5 aromatic rings. The van der Waals surface area contributed by atoms with Gasteiger partial charge in [0, 0.05) is 18.2 Å². The zero-order chi connectivity index (χ0) is 23.7. The van der Waals surface area contributed by atoms with Crippen molar-refractivity contribution in [1.29, 1.82) is 0 Å². The van der Waals surface area contributed by atoms with Crippen LogP contribution in [0.15, 0.2) is 71.3 Å². The molecule has 3 heterocycles. The number of methoxy groups -OCH3 is 1. The van der Waals surface area contributed by atoms with E-state index in [1.54, 1.807) is 17.9 Å². The van der Waals surface area contributed by atoms with Crippen LogP contribution in [0.25, 0.3) is 33.7 Å². The molecule has 0 amide bonds. The smallest absolute Gasteiger partial charge is 0.339 e. The molecule has 0 saturated heterocycles. The fourth-order valence-corrected chi connectivity index (χ4v) is 3.82. The first-order valence-corrected chi connectivity index (χ1v) is 10.7. The zero-order valence-corrected chi connectivity index (χ0v) is 19.0. The third-order valence-electron chi connectivity index (χ3n) is 5.50. The van der Waals surface area contributed by atoms with E-state index in [-0.39, 0.29) is 6.61 Å². The molecule has 34 heavy (non-hydrogen) atoms. The molecular weight excluding hydrogens is 432 g/mol. The molecule has 8 nitrogen and oxygen atoms in total. The maximum atomic E-state index is 13.2. The number of aryl methyl sites for hydroxylation is 2. The lowest BCUT2D eigenvalue weighted by Gasteiger charge is -2.08. The van der Waals surface area contributed by atoms with E-state index in [2.05, 4.69) is 10.1 Å². The SMILES string of the molecule is COc1ccc(-c2nc(COC(=O)c3cc(-c4ccccc4)nc4c3c(C)nn4C)co2)cc1. The molecule has 0 aliphatic rings. The Hall–Kier alpha value is -4.46. The molecule has 0 spiro atoms. The van der Waals surface area contributed by atoms with E-state index in [1.165, 1.54) is 6.26 Å². The molecule has 0 aliphatic heterocycles. The Bertz CT molecular complexity index is 1470. The van der Waals surface area contributed by atoms with Gasteiger partial charge in [-0.3, -0.25) is 4.68 Å². The van der Waals surface area contributed by atoms with Gasteiger partial charge in [0.25, 0.3) is 0 Å². The average Bonchev–Trinajstić information content (AvgIpc) is 3.47. The minimum atomic E-state index is -0.477. The number of carbonyl (C=O) groups is 1. The highest BCUT2D eigenvalue weighted by atomic mass is 16.5. The van der Waals surface area contributed by atoms with Crippen molar-refractivity contribution in [2.75, 3.05) is 7.11 Å². The second kappa shape index (κ2) is 8.82. The Morgan fingerprint density at radius 3 is 2.53 bits per heavy atom. The highest BCUT2D eigenvalue weighted by Gasteiger charge is 2.21. The summed E-state index contributed by atoms with van der Waals surface area (Å²) in [6.07, 6.45) is 1.49. The number of esters is 1. The maximum absolute atomic E-state index is 13.2. The van der Waals surface area contributed by atoms with Crippen molar-refractivity contribution < 1.29 is 18.7 Å². The molecule has 0 radical (unpaired) electrons. The van der Waals surface area contributed by atoms with Crippen LogP contribution in [0.2, 0.25) is 0 Å². The molecule has 0 N–H and O–H groups in total. The maximum Gasteiger partial charge on any atom is 0.339 e. The molecule has 0 aliphatic carbocycles. The first-order valence-electron chi connectivity index (χ1n) is 10.7. The monoisotopic (exact) mass is 454 g/mol. The molecule has 0 saturated carbocycles. The number of fused-ring (bicyclic) bond motifs is 1. The standard InChI is InChI=1S/C26H22N4O4/c1-16-23-21(13-22(17-7-5-4-6-8-17)28-24(23)30(2)29-16)26(31)34-15-19-14-33-25(27-19)18-9-11-20(32-3)12-10-18/h4-14H,15H2,1-3H3. The average molecular weight is 454 g/mol. The first-order chi connectivity index (χ1) is 16.5. The van der Waals surface area contributed by atoms with Gasteiger partial charge < -0.3 is 13.9 Å². The molecule has 0 bridgehead atoms. The Balaban J connectivity index is 1.41. The van der Waals surface area contributed by atoms with Crippen LogP contribution in [0.3, 0.4) is 0 Å². The van der Waals surface area contributed by atoms with Crippen molar-refractivity contribution in [3.8, 4) is 28.5 Å². The van der Waals surface area contributed by atoms with E-state index in [1.807, 2.05) is 68.6 Å².